The van der Waals surface area contributed by atoms with E-state index >= 15 is 0 Å². The highest BCUT2D eigenvalue weighted by Crippen LogP contribution is 2.32. The molecule has 0 radical (unpaired) electrons. The summed E-state index contributed by atoms with van der Waals surface area (Å²) in [7, 11) is 0. The Morgan fingerprint density at radius 2 is 2.04 bits per heavy atom. The van der Waals surface area contributed by atoms with E-state index in [4.69, 9.17) is 4.98 Å². The fourth-order valence-corrected chi connectivity index (χ4v) is 3.94. The number of pyridine rings is 1. The van der Waals surface area contributed by atoms with Crippen LogP contribution in [0.5, 0.6) is 0 Å². The Kier molecular flexibility index (Phi) is 4.45. The molecule has 1 aliphatic rings. The van der Waals surface area contributed by atoms with Crippen LogP contribution in [-0.2, 0) is 0 Å². The second-order valence-electron chi connectivity index (χ2n) is 7.25. The van der Waals surface area contributed by atoms with Crippen molar-refractivity contribution in [3.05, 3.63) is 60.2 Å². The van der Waals surface area contributed by atoms with Crippen molar-refractivity contribution in [3.8, 4) is 0 Å². The van der Waals surface area contributed by atoms with Crippen LogP contribution < -0.4 is 0 Å². The standard InChI is InChI=1S/C21H24N4O/c1-15(2)25-19-10-4-3-9-18(19)23-20(25)17-8-6-12-24(14-17)21(26)16-7-5-11-22-13-16/h3-5,7,9-11,13,15,17H,6,8,12,14H2,1-2H3/t17-/m1/s1. The second-order valence-corrected chi connectivity index (χ2v) is 7.25. The Labute approximate surface area is 153 Å². The molecular formula is C21H24N4O. The molecule has 1 atom stereocenters. The molecule has 0 aliphatic carbocycles. The summed E-state index contributed by atoms with van der Waals surface area (Å²) in [6.07, 6.45) is 5.40. The molecule has 1 amide bonds. The highest BCUT2D eigenvalue weighted by Gasteiger charge is 2.29. The molecule has 0 spiro atoms. The van der Waals surface area contributed by atoms with Crippen molar-refractivity contribution in [1.29, 1.82) is 0 Å². The Balaban J connectivity index is 1.65. The summed E-state index contributed by atoms with van der Waals surface area (Å²) in [6, 6.07) is 12.3. The first-order chi connectivity index (χ1) is 12.6. The predicted molar refractivity (Wildman–Crippen MR) is 102 cm³/mol. The first-order valence-electron chi connectivity index (χ1n) is 9.31. The number of nitrogens with zero attached hydrogens (tertiary/aromatic N) is 4. The number of hydrogen-bond donors (Lipinski definition) is 0. The number of aromatic nitrogens is 3. The van der Waals surface area contributed by atoms with Gasteiger partial charge in [0.25, 0.3) is 5.91 Å². The average Bonchev–Trinajstić information content (AvgIpc) is 3.08. The van der Waals surface area contributed by atoms with Gasteiger partial charge in [0.05, 0.1) is 16.6 Å². The van der Waals surface area contributed by atoms with E-state index in [0.29, 0.717) is 18.2 Å². The number of carbonyl (C=O) groups excluding carboxylic acids is 1. The zero-order valence-electron chi connectivity index (χ0n) is 15.3. The molecule has 5 heteroatoms. The lowest BCUT2D eigenvalue weighted by molar-refractivity contribution is 0.0703. The van der Waals surface area contributed by atoms with Gasteiger partial charge in [0, 0.05) is 37.4 Å². The van der Waals surface area contributed by atoms with Crippen LogP contribution in [0, 0.1) is 0 Å². The van der Waals surface area contributed by atoms with Gasteiger partial charge in [0.2, 0.25) is 0 Å². The van der Waals surface area contributed by atoms with E-state index in [1.807, 2.05) is 23.1 Å². The Bertz CT molecular complexity index is 916. The lowest BCUT2D eigenvalue weighted by atomic mass is 9.96. The van der Waals surface area contributed by atoms with E-state index in [-0.39, 0.29) is 11.8 Å². The summed E-state index contributed by atoms with van der Waals surface area (Å²) in [5, 5.41) is 0. The highest BCUT2D eigenvalue weighted by atomic mass is 16.2. The molecule has 1 fully saturated rings. The van der Waals surface area contributed by atoms with Crippen molar-refractivity contribution in [2.45, 2.75) is 38.6 Å². The second kappa shape index (κ2) is 6.90. The SMILES string of the molecule is CC(C)n1c([C@@H]2CCCN(C(=O)c3cccnc3)C2)nc2ccccc21. The predicted octanol–water partition coefficient (Wildman–Crippen LogP) is 4.03. The number of likely N-dealkylation sites (tertiary alicyclic amines) is 1. The maximum atomic E-state index is 12.8. The summed E-state index contributed by atoms with van der Waals surface area (Å²) in [5.41, 5.74) is 2.87. The van der Waals surface area contributed by atoms with Gasteiger partial charge < -0.3 is 9.47 Å². The molecule has 2 aromatic heterocycles. The molecule has 0 N–H and O–H groups in total. The van der Waals surface area contributed by atoms with Crippen LogP contribution in [0.15, 0.2) is 48.8 Å². The third-order valence-electron chi connectivity index (χ3n) is 5.12. The van der Waals surface area contributed by atoms with Gasteiger partial charge in [0.15, 0.2) is 0 Å². The summed E-state index contributed by atoms with van der Waals surface area (Å²) >= 11 is 0. The van der Waals surface area contributed by atoms with E-state index in [9.17, 15) is 4.79 Å². The zero-order valence-corrected chi connectivity index (χ0v) is 15.3. The van der Waals surface area contributed by atoms with Crippen LogP contribution in [0.1, 0.15) is 54.8 Å². The van der Waals surface area contributed by atoms with E-state index in [2.05, 4.69) is 41.6 Å². The number of imidazole rings is 1. The number of hydrogen-bond acceptors (Lipinski definition) is 3. The van der Waals surface area contributed by atoms with Crippen molar-refractivity contribution in [2.24, 2.45) is 0 Å². The lowest BCUT2D eigenvalue weighted by Crippen LogP contribution is -2.39. The Hall–Kier alpha value is -2.69. The fraction of sp³-hybridized carbons (Fsp3) is 0.381. The number of rotatable bonds is 3. The number of para-hydroxylation sites is 2. The van der Waals surface area contributed by atoms with Gasteiger partial charge in [-0.2, -0.15) is 0 Å². The highest BCUT2D eigenvalue weighted by molar-refractivity contribution is 5.94. The quantitative estimate of drug-likeness (QED) is 0.718. The first-order valence-corrected chi connectivity index (χ1v) is 9.31. The summed E-state index contributed by atoms with van der Waals surface area (Å²) in [6.45, 7) is 5.90. The maximum absolute atomic E-state index is 12.8. The topological polar surface area (TPSA) is 51.0 Å². The van der Waals surface area contributed by atoms with Gasteiger partial charge in [-0.3, -0.25) is 9.78 Å². The minimum atomic E-state index is 0.0648. The third kappa shape index (κ3) is 2.98. The number of piperidine rings is 1. The molecule has 26 heavy (non-hydrogen) atoms. The molecule has 1 saturated heterocycles. The van der Waals surface area contributed by atoms with Crippen LogP contribution in [-0.4, -0.2) is 38.4 Å². The van der Waals surface area contributed by atoms with Crippen molar-refractivity contribution in [1.82, 2.24) is 19.4 Å². The Morgan fingerprint density at radius 1 is 1.19 bits per heavy atom. The van der Waals surface area contributed by atoms with Gasteiger partial charge >= 0.3 is 0 Å². The van der Waals surface area contributed by atoms with E-state index in [1.165, 1.54) is 5.52 Å². The normalized spacial score (nSPS) is 17.8. The van der Waals surface area contributed by atoms with Crippen LogP contribution in [0.25, 0.3) is 11.0 Å². The molecule has 0 bridgehead atoms. The average molecular weight is 348 g/mol. The summed E-state index contributed by atoms with van der Waals surface area (Å²) in [5.74, 6) is 1.43. The van der Waals surface area contributed by atoms with Crippen molar-refractivity contribution < 1.29 is 4.79 Å². The molecule has 1 aliphatic heterocycles. The largest absolute Gasteiger partial charge is 0.338 e. The van der Waals surface area contributed by atoms with Crippen LogP contribution in [0.2, 0.25) is 0 Å². The van der Waals surface area contributed by atoms with Crippen LogP contribution >= 0.6 is 0 Å². The van der Waals surface area contributed by atoms with Crippen molar-refractivity contribution >= 4 is 16.9 Å². The lowest BCUT2D eigenvalue weighted by Gasteiger charge is -2.33. The fourth-order valence-electron chi connectivity index (χ4n) is 3.94. The zero-order chi connectivity index (χ0) is 18.1. The van der Waals surface area contributed by atoms with Crippen LogP contribution in [0.3, 0.4) is 0 Å². The minimum Gasteiger partial charge on any atom is -0.338 e. The van der Waals surface area contributed by atoms with Gasteiger partial charge in [-0.25, -0.2) is 4.98 Å². The smallest absolute Gasteiger partial charge is 0.255 e. The van der Waals surface area contributed by atoms with E-state index < -0.39 is 0 Å². The van der Waals surface area contributed by atoms with Crippen molar-refractivity contribution in [3.63, 3.8) is 0 Å². The van der Waals surface area contributed by atoms with Gasteiger partial charge in [0.1, 0.15) is 5.82 Å². The van der Waals surface area contributed by atoms with Gasteiger partial charge in [-0.05, 0) is 51.0 Å². The Morgan fingerprint density at radius 3 is 2.81 bits per heavy atom. The molecule has 3 aromatic rings. The molecule has 5 nitrogen and oxygen atoms in total. The first kappa shape index (κ1) is 16.8. The van der Waals surface area contributed by atoms with E-state index in [0.717, 1.165) is 30.7 Å². The monoisotopic (exact) mass is 348 g/mol. The number of benzene rings is 1. The molecule has 134 valence electrons. The molecule has 3 heterocycles. The van der Waals surface area contributed by atoms with Gasteiger partial charge in [-0.1, -0.05) is 12.1 Å². The van der Waals surface area contributed by atoms with Crippen molar-refractivity contribution in [2.75, 3.05) is 13.1 Å². The number of fused-ring (bicyclic) bond motifs is 1. The maximum Gasteiger partial charge on any atom is 0.255 e. The van der Waals surface area contributed by atoms with Gasteiger partial charge in [-0.15, -0.1) is 0 Å². The molecular weight excluding hydrogens is 324 g/mol. The molecule has 0 unspecified atom stereocenters. The third-order valence-corrected chi connectivity index (χ3v) is 5.12. The summed E-state index contributed by atoms with van der Waals surface area (Å²) < 4.78 is 2.33. The molecule has 0 saturated carbocycles. The molecule has 1 aromatic carbocycles. The van der Waals surface area contributed by atoms with Crippen LogP contribution in [0.4, 0.5) is 0 Å². The summed E-state index contributed by atoms with van der Waals surface area (Å²) in [4.78, 5) is 23.8. The molecule has 4 rings (SSSR count). The van der Waals surface area contributed by atoms with E-state index in [1.54, 1.807) is 12.4 Å². The number of amides is 1. The minimum absolute atomic E-state index is 0.0648. The number of carbonyl (C=O) groups is 1.